The van der Waals surface area contributed by atoms with E-state index in [-0.39, 0.29) is 17.2 Å². The van der Waals surface area contributed by atoms with E-state index in [1.165, 1.54) is 12.1 Å². The molecule has 6 nitrogen and oxygen atoms in total. The van der Waals surface area contributed by atoms with E-state index >= 15 is 0 Å². The van der Waals surface area contributed by atoms with Gasteiger partial charge in [0.25, 0.3) is 0 Å². The first-order valence-corrected chi connectivity index (χ1v) is 9.36. The molecule has 1 aromatic rings. The molecule has 23 heavy (non-hydrogen) atoms. The van der Waals surface area contributed by atoms with Crippen molar-refractivity contribution in [2.75, 3.05) is 13.7 Å². The van der Waals surface area contributed by atoms with Crippen molar-refractivity contribution in [2.24, 2.45) is 0 Å². The second-order valence-corrected chi connectivity index (χ2v) is 7.61. The SMILES string of the molecule is CCCCC(OC(=O)COc1ccc(Cl)cc1Cl)P(=O)(O)OC. The molecule has 0 amide bonds. The lowest BCUT2D eigenvalue weighted by atomic mass is 10.3. The molecular weight excluding hydrogens is 366 g/mol. The lowest BCUT2D eigenvalue weighted by molar-refractivity contribution is -0.149. The standard InChI is InChI=1S/C14H19Cl2O6P/c1-3-4-5-14(23(18,19)20-2)22-13(17)9-21-12-7-6-10(15)8-11(12)16/h6-8,14H,3-5,9H2,1-2H3,(H,18,19). The number of benzene rings is 1. The van der Waals surface area contributed by atoms with Gasteiger partial charge >= 0.3 is 13.6 Å². The third-order valence-electron chi connectivity index (χ3n) is 2.94. The van der Waals surface area contributed by atoms with Crippen LogP contribution in [0, 0.1) is 0 Å². The van der Waals surface area contributed by atoms with E-state index in [1.807, 2.05) is 6.92 Å². The topological polar surface area (TPSA) is 82.1 Å². The molecule has 130 valence electrons. The Balaban J connectivity index is 2.63. The van der Waals surface area contributed by atoms with Crippen molar-refractivity contribution in [3.63, 3.8) is 0 Å². The van der Waals surface area contributed by atoms with Crippen molar-refractivity contribution in [3.05, 3.63) is 28.2 Å². The largest absolute Gasteiger partial charge is 0.480 e. The van der Waals surface area contributed by atoms with E-state index in [0.29, 0.717) is 11.4 Å². The molecule has 0 bridgehead atoms. The van der Waals surface area contributed by atoms with Crippen molar-refractivity contribution in [1.29, 1.82) is 0 Å². The summed E-state index contributed by atoms with van der Waals surface area (Å²) < 4.78 is 26.7. The lowest BCUT2D eigenvalue weighted by Crippen LogP contribution is -2.23. The summed E-state index contributed by atoms with van der Waals surface area (Å²) in [5.74, 6) is -1.75. The van der Waals surface area contributed by atoms with Crippen LogP contribution in [0.25, 0.3) is 0 Å². The molecule has 0 radical (unpaired) electrons. The average molecular weight is 385 g/mol. The van der Waals surface area contributed by atoms with E-state index in [0.717, 1.165) is 13.5 Å². The summed E-state index contributed by atoms with van der Waals surface area (Å²) in [5, 5.41) is 0.684. The predicted molar refractivity (Wildman–Crippen MR) is 88.2 cm³/mol. The van der Waals surface area contributed by atoms with E-state index in [2.05, 4.69) is 4.52 Å². The van der Waals surface area contributed by atoms with Gasteiger partial charge in [0.2, 0.25) is 5.85 Å². The second kappa shape index (κ2) is 9.50. The zero-order valence-corrected chi connectivity index (χ0v) is 15.2. The Kier molecular flexibility index (Phi) is 8.37. The molecule has 0 spiro atoms. The first-order chi connectivity index (χ1) is 10.8. The fourth-order valence-electron chi connectivity index (χ4n) is 1.70. The summed E-state index contributed by atoms with van der Waals surface area (Å²) in [6.07, 6.45) is 1.63. The normalized spacial score (nSPS) is 14.8. The van der Waals surface area contributed by atoms with Crippen molar-refractivity contribution >= 4 is 36.8 Å². The molecule has 0 aliphatic heterocycles. The summed E-state index contributed by atoms with van der Waals surface area (Å²) >= 11 is 11.7. The molecule has 1 N–H and O–H groups in total. The summed E-state index contributed by atoms with van der Waals surface area (Å²) in [5.41, 5.74) is 0. The van der Waals surface area contributed by atoms with Crippen LogP contribution in [0.2, 0.25) is 10.0 Å². The molecule has 1 aromatic carbocycles. The van der Waals surface area contributed by atoms with Gasteiger partial charge < -0.3 is 18.9 Å². The van der Waals surface area contributed by atoms with Gasteiger partial charge in [-0.05, 0) is 31.0 Å². The van der Waals surface area contributed by atoms with Crippen LogP contribution in [0.15, 0.2) is 18.2 Å². The minimum atomic E-state index is -4.02. The third-order valence-corrected chi connectivity index (χ3v) is 5.08. The van der Waals surface area contributed by atoms with Gasteiger partial charge in [-0.1, -0.05) is 36.5 Å². The molecule has 0 aromatic heterocycles. The third kappa shape index (κ3) is 6.69. The zero-order valence-electron chi connectivity index (χ0n) is 12.8. The van der Waals surface area contributed by atoms with E-state index < -0.39 is 26.0 Å². The fourth-order valence-corrected chi connectivity index (χ4v) is 3.16. The van der Waals surface area contributed by atoms with Crippen LogP contribution in [0.4, 0.5) is 0 Å². The Morgan fingerprint density at radius 3 is 2.65 bits per heavy atom. The highest BCUT2D eigenvalue weighted by Crippen LogP contribution is 2.49. The second-order valence-electron chi connectivity index (χ2n) is 4.70. The number of hydrogen-bond acceptors (Lipinski definition) is 5. The average Bonchev–Trinajstić information content (AvgIpc) is 2.50. The number of carbonyl (C=O) groups excluding carboxylic acids is 1. The number of carbonyl (C=O) groups is 1. The van der Waals surface area contributed by atoms with Crippen molar-refractivity contribution in [2.45, 2.75) is 32.0 Å². The summed E-state index contributed by atoms with van der Waals surface area (Å²) in [4.78, 5) is 21.5. The smallest absolute Gasteiger partial charge is 0.368 e. The molecule has 0 fully saturated rings. The molecular formula is C14H19Cl2O6P. The van der Waals surface area contributed by atoms with Gasteiger partial charge in [0.15, 0.2) is 6.61 Å². The Morgan fingerprint density at radius 1 is 1.39 bits per heavy atom. The van der Waals surface area contributed by atoms with Crippen molar-refractivity contribution in [3.8, 4) is 5.75 Å². The Hall–Kier alpha value is -0.780. The van der Waals surface area contributed by atoms with Crippen LogP contribution < -0.4 is 4.74 Å². The number of hydrogen-bond donors (Lipinski definition) is 1. The summed E-state index contributed by atoms with van der Waals surface area (Å²) in [6.45, 7) is 1.47. The quantitative estimate of drug-likeness (QED) is 0.505. The van der Waals surface area contributed by atoms with Gasteiger partial charge in [-0.2, -0.15) is 0 Å². The lowest BCUT2D eigenvalue weighted by Gasteiger charge is -2.21. The van der Waals surface area contributed by atoms with Gasteiger partial charge in [0, 0.05) is 12.1 Å². The summed E-state index contributed by atoms with van der Waals surface area (Å²) in [7, 11) is -2.93. The number of ether oxygens (including phenoxy) is 2. The molecule has 2 unspecified atom stereocenters. The van der Waals surface area contributed by atoms with Crippen LogP contribution >= 0.6 is 30.8 Å². The van der Waals surface area contributed by atoms with Gasteiger partial charge in [0.1, 0.15) is 5.75 Å². The number of halogens is 2. The number of esters is 1. The van der Waals surface area contributed by atoms with Gasteiger partial charge in [-0.15, -0.1) is 0 Å². The van der Waals surface area contributed by atoms with E-state index in [4.69, 9.17) is 32.7 Å². The molecule has 0 heterocycles. The van der Waals surface area contributed by atoms with Crippen LogP contribution in [-0.2, 0) is 18.6 Å². The van der Waals surface area contributed by atoms with E-state index in [1.54, 1.807) is 6.07 Å². The van der Waals surface area contributed by atoms with Crippen LogP contribution in [-0.4, -0.2) is 30.4 Å². The highest BCUT2D eigenvalue weighted by atomic mass is 35.5. The van der Waals surface area contributed by atoms with Gasteiger partial charge in [-0.25, -0.2) is 4.79 Å². The maximum atomic E-state index is 11.9. The molecule has 0 aliphatic carbocycles. The van der Waals surface area contributed by atoms with E-state index in [9.17, 15) is 14.3 Å². The van der Waals surface area contributed by atoms with Crippen molar-refractivity contribution in [1.82, 2.24) is 0 Å². The number of rotatable bonds is 9. The fraction of sp³-hybridized carbons (Fsp3) is 0.500. The Morgan fingerprint density at radius 2 is 2.09 bits per heavy atom. The Labute approximate surface area is 145 Å². The minimum Gasteiger partial charge on any atom is -0.480 e. The highest BCUT2D eigenvalue weighted by Gasteiger charge is 2.34. The highest BCUT2D eigenvalue weighted by molar-refractivity contribution is 7.53. The summed E-state index contributed by atoms with van der Waals surface area (Å²) in [6, 6.07) is 4.55. The minimum absolute atomic E-state index is 0.228. The molecule has 9 heteroatoms. The molecule has 0 aliphatic rings. The molecule has 1 rings (SSSR count). The Bertz CT molecular complexity index is 580. The maximum absolute atomic E-state index is 11.9. The predicted octanol–water partition coefficient (Wildman–Crippen LogP) is 4.26. The van der Waals surface area contributed by atoms with Crippen LogP contribution in [0.5, 0.6) is 5.75 Å². The molecule has 0 saturated heterocycles. The number of unbranched alkanes of at least 4 members (excludes halogenated alkanes) is 1. The zero-order chi connectivity index (χ0) is 17.5. The van der Waals surface area contributed by atoms with Gasteiger partial charge in [-0.3, -0.25) is 4.57 Å². The molecule has 0 saturated carbocycles. The monoisotopic (exact) mass is 384 g/mol. The van der Waals surface area contributed by atoms with Gasteiger partial charge in [0.05, 0.1) is 5.02 Å². The first kappa shape index (κ1) is 20.3. The first-order valence-electron chi connectivity index (χ1n) is 6.95. The maximum Gasteiger partial charge on any atom is 0.368 e. The van der Waals surface area contributed by atoms with Crippen LogP contribution in [0.1, 0.15) is 26.2 Å². The molecule has 2 atom stereocenters. The van der Waals surface area contributed by atoms with Crippen molar-refractivity contribution < 1.29 is 28.3 Å². The van der Waals surface area contributed by atoms with Crippen LogP contribution in [0.3, 0.4) is 0 Å².